The fourth-order valence-corrected chi connectivity index (χ4v) is 5.57. The first-order chi connectivity index (χ1) is 15.2. The molecule has 0 N–H and O–H groups in total. The fourth-order valence-electron chi connectivity index (χ4n) is 5.57. The Balaban J connectivity index is 1.59. The molecule has 0 unspecified atom stereocenters. The Labute approximate surface area is 181 Å². The Morgan fingerprint density at radius 1 is 0.613 bits per heavy atom. The summed E-state index contributed by atoms with van der Waals surface area (Å²) in [4.78, 5) is 4.97. The van der Waals surface area contributed by atoms with Crippen molar-refractivity contribution in [2.75, 3.05) is 16.5 Å². The molecule has 31 heavy (non-hydrogen) atoms. The molecule has 3 nitrogen and oxygen atoms in total. The van der Waals surface area contributed by atoms with Crippen LogP contribution in [0.4, 0.5) is 17.1 Å². The lowest BCUT2D eigenvalue weighted by molar-refractivity contribution is 0.710. The predicted octanol–water partition coefficient (Wildman–Crippen LogP) is 7.16. The molecular formula is C28H23N3. The van der Waals surface area contributed by atoms with Gasteiger partial charge in [-0.25, -0.2) is 0 Å². The summed E-state index contributed by atoms with van der Waals surface area (Å²) < 4.78 is 2.46. The van der Waals surface area contributed by atoms with Crippen LogP contribution in [0.25, 0.3) is 38.1 Å². The average molecular weight is 402 g/mol. The van der Waals surface area contributed by atoms with E-state index in [1.165, 1.54) is 55.2 Å². The van der Waals surface area contributed by atoms with Gasteiger partial charge in [-0.1, -0.05) is 54.6 Å². The van der Waals surface area contributed by atoms with Gasteiger partial charge in [-0.3, -0.25) is 0 Å². The topological polar surface area (TPSA) is 10.9 Å². The molecule has 0 amide bonds. The smallest absolute Gasteiger partial charge is 0.0956 e. The highest BCUT2D eigenvalue weighted by Gasteiger charge is 2.30. The maximum Gasteiger partial charge on any atom is 0.0956 e. The van der Waals surface area contributed by atoms with Gasteiger partial charge in [0, 0.05) is 27.6 Å². The number of aromatic nitrogens is 1. The van der Waals surface area contributed by atoms with Crippen molar-refractivity contribution in [1.82, 2.24) is 4.40 Å². The molecule has 0 atom stereocenters. The van der Waals surface area contributed by atoms with E-state index in [1.807, 2.05) is 0 Å². The van der Waals surface area contributed by atoms with Gasteiger partial charge in [-0.2, -0.15) is 0 Å². The fraction of sp³-hybridized carbons (Fsp3) is 0.143. The lowest BCUT2D eigenvalue weighted by Gasteiger charge is -2.25. The van der Waals surface area contributed by atoms with Crippen LogP contribution in [-0.4, -0.2) is 17.1 Å². The zero-order valence-electron chi connectivity index (χ0n) is 17.7. The molecule has 0 fully saturated rings. The first-order valence-electron chi connectivity index (χ1n) is 11.0. The summed E-state index contributed by atoms with van der Waals surface area (Å²) in [6.07, 6.45) is 0. The third-order valence-corrected chi connectivity index (χ3v) is 6.92. The molecule has 3 heterocycles. The number of para-hydroxylation sites is 4. The van der Waals surface area contributed by atoms with Crippen LogP contribution in [-0.2, 0) is 0 Å². The molecule has 7 rings (SSSR count). The van der Waals surface area contributed by atoms with Crippen LogP contribution in [0.5, 0.6) is 0 Å². The van der Waals surface area contributed by atoms with E-state index in [-0.39, 0.29) is 0 Å². The molecule has 0 saturated heterocycles. The molecule has 150 valence electrons. The quantitative estimate of drug-likeness (QED) is 0.305. The molecule has 2 aromatic heterocycles. The van der Waals surface area contributed by atoms with Gasteiger partial charge in [-0.05, 0) is 44.2 Å². The second-order valence-electron chi connectivity index (χ2n) is 8.85. The van der Waals surface area contributed by atoms with Crippen molar-refractivity contribution in [3.8, 4) is 0 Å². The molecular weight excluding hydrogens is 378 g/mol. The van der Waals surface area contributed by atoms with E-state index in [2.05, 4.69) is 113 Å². The second kappa shape index (κ2) is 5.92. The van der Waals surface area contributed by atoms with Crippen LogP contribution in [0.2, 0.25) is 0 Å². The lowest BCUT2D eigenvalue weighted by atomic mass is 10.1. The summed E-state index contributed by atoms with van der Waals surface area (Å²) in [7, 11) is 0. The molecule has 0 bridgehead atoms. The second-order valence-corrected chi connectivity index (χ2v) is 8.85. The molecule has 3 heteroatoms. The summed E-state index contributed by atoms with van der Waals surface area (Å²) in [5.74, 6) is 0. The summed E-state index contributed by atoms with van der Waals surface area (Å²) in [6.45, 7) is 5.42. The van der Waals surface area contributed by atoms with Crippen molar-refractivity contribution in [2.45, 2.75) is 19.9 Å². The zero-order valence-corrected chi connectivity index (χ0v) is 17.7. The summed E-state index contributed by atoms with van der Waals surface area (Å²) >= 11 is 0. The molecule has 0 spiro atoms. The van der Waals surface area contributed by atoms with Crippen LogP contribution in [0.3, 0.4) is 0 Å². The van der Waals surface area contributed by atoms with Crippen molar-refractivity contribution in [3.05, 3.63) is 84.9 Å². The predicted molar refractivity (Wildman–Crippen MR) is 132 cm³/mol. The molecule has 0 aliphatic carbocycles. The number of fused-ring (bicyclic) bond motifs is 7. The first-order valence-corrected chi connectivity index (χ1v) is 11.0. The SMILES string of the molecule is CC(C)N1CN(c2cccc3c2c2cccc4c5ccccc5n3c42)c2ccccc21. The lowest BCUT2D eigenvalue weighted by Crippen LogP contribution is -2.33. The summed E-state index contributed by atoms with van der Waals surface area (Å²) in [5.41, 5.74) is 7.79. The molecule has 4 aromatic carbocycles. The van der Waals surface area contributed by atoms with Crippen LogP contribution in [0.1, 0.15) is 13.8 Å². The number of nitrogens with zero attached hydrogens (tertiary/aromatic N) is 3. The minimum atomic E-state index is 0.448. The van der Waals surface area contributed by atoms with Crippen LogP contribution >= 0.6 is 0 Å². The Morgan fingerprint density at radius 3 is 2.13 bits per heavy atom. The molecule has 0 saturated carbocycles. The van der Waals surface area contributed by atoms with Crippen molar-refractivity contribution < 1.29 is 0 Å². The highest BCUT2D eigenvalue weighted by molar-refractivity contribution is 6.26. The van der Waals surface area contributed by atoms with E-state index in [0.29, 0.717) is 6.04 Å². The van der Waals surface area contributed by atoms with Gasteiger partial charge in [0.05, 0.1) is 40.3 Å². The van der Waals surface area contributed by atoms with Crippen molar-refractivity contribution in [2.24, 2.45) is 0 Å². The van der Waals surface area contributed by atoms with E-state index in [1.54, 1.807) is 0 Å². The number of hydrogen-bond donors (Lipinski definition) is 0. The van der Waals surface area contributed by atoms with E-state index in [0.717, 1.165) is 6.67 Å². The molecule has 1 aliphatic rings. The largest absolute Gasteiger partial charge is 0.349 e. The van der Waals surface area contributed by atoms with Crippen molar-refractivity contribution in [1.29, 1.82) is 0 Å². The summed E-state index contributed by atoms with van der Waals surface area (Å²) in [5, 5.41) is 5.34. The van der Waals surface area contributed by atoms with Crippen LogP contribution < -0.4 is 9.80 Å². The maximum absolute atomic E-state index is 2.49. The number of anilines is 3. The Morgan fingerprint density at radius 2 is 1.26 bits per heavy atom. The van der Waals surface area contributed by atoms with E-state index < -0.39 is 0 Å². The van der Waals surface area contributed by atoms with Crippen molar-refractivity contribution >= 4 is 55.2 Å². The molecule has 0 radical (unpaired) electrons. The van der Waals surface area contributed by atoms with E-state index in [4.69, 9.17) is 0 Å². The average Bonchev–Trinajstić information content (AvgIpc) is 3.46. The van der Waals surface area contributed by atoms with Gasteiger partial charge in [0.2, 0.25) is 0 Å². The van der Waals surface area contributed by atoms with E-state index >= 15 is 0 Å². The van der Waals surface area contributed by atoms with Gasteiger partial charge in [0.25, 0.3) is 0 Å². The van der Waals surface area contributed by atoms with Crippen LogP contribution in [0, 0.1) is 0 Å². The standard InChI is InChI=1S/C28H23N3/c1-18(2)29-17-30(24-14-6-5-13-23(24)29)25-15-8-16-26-27(25)21-11-7-10-20-19-9-3-4-12-22(19)31(26)28(20)21/h3-16,18H,17H2,1-2H3. The van der Waals surface area contributed by atoms with Gasteiger partial charge >= 0.3 is 0 Å². The van der Waals surface area contributed by atoms with Gasteiger partial charge < -0.3 is 14.2 Å². The van der Waals surface area contributed by atoms with Gasteiger partial charge in [-0.15, -0.1) is 0 Å². The summed E-state index contributed by atoms with van der Waals surface area (Å²) in [6, 6.07) is 31.5. The Bertz CT molecular complexity index is 1610. The zero-order chi connectivity index (χ0) is 20.7. The highest BCUT2D eigenvalue weighted by Crippen LogP contribution is 2.47. The molecule has 6 aromatic rings. The first kappa shape index (κ1) is 17.0. The number of benzene rings is 4. The molecule has 1 aliphatic heterocycles. The number of rotatable bonds is 2. The maximum atomic E-state index is 2.49. The third kappa shape index (κ3) is 2.08. The third-order valence-electron chi connectivity index (χ3n) is 6.92. The monoisotopic (exact) mass is 401 g/mol. The van der Waals surface area contributed by atoms with E-state index in [9.17, 15) is 0 Å². The Kier molecular flexibility index (Phi) is 3.25. The van der Waals surface area contributed by atoms with Gasteiger partial charge in [0.1, 0.15) is 0 Å². The number of hydrogen-bond acceptors (Lipinski definition) is 2. The van der Waals surface area contributed by atoms with Crippen LogP contribution in [0.15, 0.2) is 84.9 Å². The normalized spacial score (nSPS) is 14.2. The minimum Gasteiger partial charge on any atom is -0.349 e. The van der Waals surface area contributed by atoms with Crippen molar-refractivity contribution in [3.63, 3.8) is 0 Å². The highest BCUT2D eigenvalue weighted by atomic mass is 15.4. The van der Waals surface area contributed by atoms with Gasteiger partial charge in [0.15, 0.2) is 0 Å². The Hall–Kier alpha value is -3.72. The minimum absolute atomic E-state index is 0.448.